The molecule has 79 heavy (non-hydrogen) atoms. The molecule has 6 N–H and O–H groups in total. The number of carboxylic acid groups (broad SMARTS) is 1. The highest BCUT2D eigenvalue weighted by Crippen LogP contribution is 2.47. The minimum atomic E-state index is -5.08. The number of β-lactam (4-membered cyclic amide) rings is 1. The molecule has 1 fully saturated rings. The van der Waals surface area contributed by atoms with Gasteiger partial charge in [-0.2, -0.15) is 13.2 Å². The second-order valence-electron chi connectivity index (χ2n) is 19.1. The van der Waals surface area contributed by atoms with Crippen LogP contribution in [0.3, 0.4) is 0 Å². The van der Waals surface area contributed by atoms with E-state index in [1.165, 1.54) is 36.4 Å². The summed E-state index contributed by atoms with van der Waals surface area (Å²) < 4.78 is 59.0. The molecule has 3 heterocycles. The smallest absolute Gasteiger partial charge is 0.475 e. The van der Waals surface area contributed by atoms with Crippen LogP contribution in [0.5, 0.6) is 0 Å². The van der Waals surface area contributed by atoms with E-state index in [1.807, 2.05) is 115 Å². The lowest BCUT2D eigenvalue weighted by atomic mass is 9.78. The molecule has 13 nitrogen and oxygen atoms in total. The molecule has 8 rings (SSSR count). The molecule has 2 aromatic heterocycles. The zero-order chi connectivity index (χ0) is 56.3. The van der Waals surface area contributed by atoms with Crippen LogP contribution in [0.15, 0.2) is 176 Å². The van der Waals surface area contributed by atoms with Crippen LogP contribution in [0, 0.1) is 17.6 Å². The van der Waals surface area contributed by atoms with E-state index < -0.39 is 53.9 Å². The number of unbranched alkanes of at least 4 members (excludes halogenated alkanes) is 4. The first-order valence-corrected chi connectivity index (χ1v) is 26.0. The minimum Gasteiger partial charge on any atom is -0.475 e. The fraction of sp³-hybridized carbons (Fsp3) is 0.279. The number of carbonyl (C=O) groups is 4. The fourth-order valence-corrected chi connectivity index (χ4v) is 9.52. The molecule has 0 saturated carbocycles. The van der Waals surface area contributed by atoms with Crippen molar-refractivity contribution in [2.45, 2.75) is 101 Å². The molecule has 1 aliphatic heterocycles. The monoisotopic (exact) mass is 1080 g/mol. The SMILES string of the molecule is O=C(CCCCCCCC(=O)Nc1ccccc1C(Nc1ccccn1)C(c1ccccn1)C(O)c1ccccc1)NCc1ccc(C2C(CCC(O)c3ccc(F)cc3)C(=O)N2c2ccc(F)cc2)cc1.O=C(O)C(F)(F)F. The summed E-state index contributed by atoms with van der Waals surface area (Å²) in [7, 11) is 0. The highest BCUT2D eigenvalue weighted by atomic mass is 19.4. The number of aliphatic hydroxyl groups excluding tert-OH is 2. The van der Waals surface area contributed by atoms with E-state index >= 15 is 0 Å². The summed E-state index contributed by atoms with van der Waals surface area (Å²) >= 11 is 0. The topological polar surface area (TPSA) is 194 Å². The lowest BCUT2D eigenvalue weighted by molar-refractivity contribution is -0.192. The molecule has 1 aliphatic rings. The number of hydrogen-bond donors (Lipinski definition) is 6. The highest BCUT2D eigenvalue weighted by molar-refractivity contribution is 6.03. The standard InChI is InChI=1S/C59H60F2N6O5.C2HF3O2/c60-44-29-27-41(28-30-44)51(68)36-35-48-57(67(59(48)72)46-33-31-45(61)32-34-46)42-25-23-40(24-26-42)39-64-53(69)21-7-2-1-3-8-22-54(70)65-49-18-10-9-17-47(49)56(66-52-20-12-14-38-63-52)55(50-19-11-13-37-62-50)58(71)43-15-5-4-6-16-43;3-2(4,5)1(6)7/h4-6,9-20,23-34,37-38,48,51,55-58,68,71H,1-3,7-8,21-22,35-36,39H2,(H,63,66)(H,64,69)(H,65,70);(H,6,7). The Labute approximate surface area is 454 Å². The fourth-order valence-electron chi connectivity index (χ4n) is 9.52. The number of anilines is 3. The van der Waals surface area contributed by atoms with Crippen LogP contribution < -0.4 is 20.9 Å². The van der Waals surface area contributed by atoms with E-state index in [2.05, 4.69) is 20.9 Å². The normalized spacial score (nSPS) is 15.5. The molecule has 0 bridgehead atoms. The molecule has 6 unspecified atom stereocenters. The molecule has 7 aromatic rings. The van der Waals surface area contributed by atoms with Gasteiger partial charge in [0.1, 0.15) is 17.5 Å². The number of halogens is 5. The number of nitrogens with one attached hydrogen (secondary N) is 3. The number of aliphatic carboxylic acids is 1. The first kappa shape index (κ1) is 58.3. The van der Waals surface area contributed by atoms with Crippen molar-refractivity contribution in [1.82, 2.24) is 15.3 Å². The summed E-state index contributed by atoms with van der Waals surface area (Å²) in [6, 6.07) is 46.6. The van der Waals surface area contributed by atoms with Gasteiger partial charge in [-0.25, -0.2) is 18.6 Å². The van der Waals surface area contributed by atoms with E-state index in [1.54, 1.807) is 29.4 Å². The summed E-state index contributed by atoms with van der Waals surface area (Å²) in [6.45, 7) is 0.341. The number of aliphatic hydroxyl groups is 2. The van der Waals surface area contributed by atoms with Gasteiger partial charge in [0.25, 0.3) is 0 Å². The van der Waals surface area contributed by atoms with E-state index in [9.17, 15) is 46.5 Å². The minimum absolute atomic E-state index is 0.0543. The Morgan fingerprint density at radius 2 is 1.23 bits per heavy atom. The third kappa shape index (κ3) is 16.6. The highest BCUT2D eigenvalue weighted by Gasteiger charge is 2.48. The number of aromatic nitrogens is 2. The Morgan fingerprint density at radius 3 is 1.85 bits per heavy atom. The van der Waals surface area contributed by atoms with Crippen LogP contribution in [0.25, 0.3) is 0 Å². The molecular weight excluding hydrogens is 1020 g/mol. The number of para-hydroxylation sites is 1. The number of nitrogens with zero attached hydrogens (tertiary/aromatic N) is 3. The Bertz CT molecular complexity index is 3050. The van der Waals surface area contributed by atoms with E-state index in [4.69, 9.17) is 14.9 Å². The average Bonchev–Trinajstić information content (AvgIpc) is 3.65. The Balaban J connectivity index is 0.00000121. The zero-order valence-corrected chi connectivity index (χ0v) is 43.0. The molecule has 0 radical (unpaired) electrons. The van der Waals surface area contributed by atoms with Crippen molar-refractivity contribution in [3.05, 3.63) is 221 Å². The van der Waals surface area contributed by atoms with Gasteiger partial charge in [-0.15, -0.1) is 0 Å². The lowest BCUT2D eigenvalue weighted by Gasteiger charge is -2.48. The molecule has 5 aromatic carbocycles. The Hall–Kier alpha value is -8.35. The van der Waals surface area contributed by atoms with Crippen LogP contribution in [0.4, 0.5) is 39.1 Å². The first-order valence-electron chi connectivity index (χ1n) is 26.0. The van der Waals surface area contributed by atoms with Crippen LogP contribution >= 0.6 is 0 Å². The third-order valence-corrected chi connectivity index (χ3v) is 13.6. The molecule has 18 heteroatoms. The van der Waals surface area contributed by atoms with Gasteiger partial charge in [-0.3, -0.25) is 19.4 Å². The molecule has 3 amide bonds. The number of carbonyl (C=O) groups excluding carboxylic acids is 3. The van der Waals surface area contributed by atoms with Crippen molar-refractivity contribution in [3.8, 4) is 0 Å². The van der Waals surface area contributed by atoms with Crippen molar-refractivity contribution in [2.24, 2.45) is 5.92 Å². The van der Waals surface area contributed by atoms with E-state index in [0.717, 1.165) is 41.5 Å². The van der Waals surface area contributed by atoms with Gasteiger partial charge < -0.3 is 36.2 Å². The molecule has 0 aliphatic carbocycles. The van der Waals surface area contributed by atoms with Crippen LogP contribution in [0.1, 0.15) is 122 Å². The van der Waals surface area contributed by atoms with E-state index in [0.29, 0.717) is 73.5 Å². The first-order chi connectivity index (χ1) is 38.1. The number of hydrogen-bond acceptors (Lipinski definition) is 9. The van der Waals surface area contributed by atoms with Gasteiger partial charge in [0.05, 0.1) is 36.1 Å². The number of rotatable bonds is 24. The molecule has 0 spiro atoms. The number of alkyl halides is 3. The molecule has 412 valence electrons. The number of pyridine rings is 2. The van der Waals surface area contributed by atoms with Crippen LogP contribution in [-0.4, -0.2) is 55.2 Å². The summed E-state index contributed by atoms with van der Waals surface area (Å²) in [4.78, 5) is 59.6. The quantitative estimate of drug-likeness (QED) is 0.0193. The Morgan fingerprint density at radius 1 is 0.646 bits per heavy atom. The Kier molecular flexibility index (Phi) is 20.9. The molecule has 1 saturated heterocycles. The maximum atomic E-state index is 13.8. The summed E-state index contributed by atoms with van der Waals surface area (Å²) in [6.07, 6.45) is 1.88. The van der Waals surface area contributed by atoms with Crippen LogP contribution in [-0.2, 0) is 25.7 Å². The van der Waals surface area contributed by atoms with Crippen molar-refractivity contribution in [1.29, 1.82) is 0 Å². The summed E-state index contributed by atoms with van der Waals surface area (Å²) in [5.74, 6) is -4.22. The number of benzene rings is 5. The van der Waals surface area contributed by atoms with Crippen molar-refractivity contribution >= 4 is 40.9 Å². The average molecular weight is 1090 g/mol. The molecule has 6 atom stereocenters. The maximum absolute atomic E-state index is 13.8. The largest absolute Gasteiger partial charge is 0.490 e. The third-order valence-electron chi connectivity index (χ3n) is 13.6. The number of amides is 3. The predicted molar refractivity (Wildman–Crippen MR) is 289 cm³/mol. The van der Waals surface area contributed by atoms with Gasteiger partial charge in [0.2, 0.25) is 17.7 Å². The predicted octanol–water partition coefficient (Wildman–Crippen LogP) is 12.3. The van der Waals surface area contributed by atoms with Gasteiger partial charge in [-0.05, 0) is 120 Å². The van der Waals surface area contributed by atoms with E-state index in [-0.39, 0.29) is 23.8 Å². The van der Waals surface area contributed by atoms with Gasteiger partial charge in [0.15, 0.2) is 0 Å². The maximum Gasteiger partial charge on any atom is 0.490 e. The number of carboxylic acids is 1. The van der Waals surface area contributed by atoms with Crippen LogP contribution in [0.2, 0.25) is 0 Å². The van der Waals surface area contributed by atoms with Gasteiger partial charge in [-0.1, -0.05) is 116 Å². The van der Waals surface area contributed by atoms with Crippen molar-refractivity contribution in [2.75, 3.05) is 15.5 Å². The van der Waals surface area contributed by atoms with Gasteiger partial charge >= 0.3 is 12.1 Å². The molecular formula is C61H61F5N6O7. The summed E-state index contributed by atoms with van der Waals surface area (Å²) in [5.41, 5.74) is 5.75. The van der Waals surface area contributed by atoms with Crippen molar-refractivity contribution < 1.29 is 56.4 Å². The second-order valence-corrected chi connectivity index (χ2v) is 19.1. The zero-order valence-electron chi connectivity index (χ0n) is 43.0. The lowest BCUT2D eigenvalue weighted by Crippen LogP contribution is -2.55. The van der Waals surface area contributed by atoms with Crippen molar-refractivity contribution in [3.63, 3.8) is 0 Å². The summed E-state index contributed by atoms with van der Waals surface area (Å²) in [5, 5.41) is 39.7. The second kappa shape index (κ2) is 28.3. The van der Waals surface area contributed by atoms with Gasteiger partial charge in [0, 0.05) is 48.8 Å².